The van der Waals surface area contributed by atoms with Gasteiger partial charge in [-0.15, -0.1) is 0 Å². The van der Waals surface area contributed by atoms with Gasteiger partial charge in [0.1, 0.15) is 0 Å². The second-order valence-electron chi connectivity index (χ2n) is 2.60. The lowest BCUT2D eigenvalue weighted by Crippen LogP contribution is -1.70. The van der Waals surface area contributed by atoms with Crippen LogP contribution in [0.5, 0.6) is 0 Å². The highest BCUT2D eigenvalue weighted by Crippen LogP contribution is 2.12. The molecule has 0 aromatic heterocycles. The highest BCUT2D eigenvalue weighted by atomic mass is 35.5. The van der Waals surface area contributed by atoms with Crippen molar-refractivity contribution in [2.24, 2.45) is 0 Å². The first-order valence-electron chi connectivity index (χ1n) is 4.04. The van der Waals surface area contributed by atoms with Crippen LogP contribution in [0, 0.1) is 6.92 Å². The van der Waals surface area contributed by atoms with Gasteiger partial charge in [0.25, 0.3) is 0 Å². The van der Waals surface area contributed by atoms with Crippen LogP contribution in [0.2, 0.25) is 5.02 Å². The van der Waals surface area contributed by atoms with E-state index in [-0.39, 0.29) is 0 Å². The van der Waals surface area contributed by atoms with E-state index >= 15 is 0 Å². The van der Waals surface area contributed by atoms with Gasteiger partial charge in [-0.25, -0.2) is 0 Å². The Labute approximate surface area is 78.9 Å². The van der Waals surface area contributed by atoms with Gasteiger partial charge in [-0.1, -0.05) is 42.8 Å². The van der Waals surface area contributed by atoms with Gasteiger partial charge in [0.15, 0.2) is 0 Å². The van der Waals surface area contributed by atoms with E-state index in [1.165, 1.54) is 0 Å². The van der Waals surface area contributed by atoms with Crippen LogP contribution >= 0.6 is 11.6 Å². The number of unbranched alkanes of at least 4 members (excludes halogenated alkanes) is 1. The van der Waals surface area contributed by atoms with Crippen molar-refractivity contribution >= 4 is 17.7 Å². The largest absolute Gasteiger partial charge is 0.0843 e. The van der Waals surface area contributed by atoms with Crippen molar-refractivity contribution < 1.29 is 0 Å². The molecule has 0 aliphatic heterocycles. The molecule has 1 rings (SSSR count). The molecule has 0 unspecified atom stereocenters. The molecule has 0 N–H and O–H groups in total. The minimum atomic E-state index is 0.784. The first kappa shape index (κ1) is 9.34. The van der Waals surface area contributed by atoms with E-state index in [9.17, 15) is 0 Å². The second kappa shape index (κ2) is 5.00. The number of hydrogen-bond acceptors (Lipinski definition) is 0. The maximum Gasteiger partial charge on any atom is 0.0411 e. The van der Waals surface area contributed by atoms with Crippen LogP contribution in [-0.4, -0.2) is 0 Å². The van der Waals surface area contributed by atoms with E-state index in [0.29, 0.717) is 0 Å². The molecule has 0 atom stereocenters. The van der Waals surface area contributed by atoms with Crippen molar-refractivity contribution in [2.45, 2.75) is 12.8 Å². The minimum Gasteiger partial charge on any atom is -0.0843 e. The third-order valence-corrected chi connectivity index (χ3v) is 1.76. The molecule has 0 aliphatic carbocycles. The Bertz CT molecular complexity index is 263. The van der Waals surface area contributed by atoms with E-state index in [1.807, 2.05) is 24.3 Å². The van der Waals surface area contributed by atoms with Gasteiger partial charge in [-0.05, 0) is 30.5 Å². The Kier molecular flexibility index (Phi) is 3.89. The summed E-state index contributed by atoms with van der Waals surface area (Å²) in [4.78, 5) is 0. The highest BCUT2D eigenvalue weighted by molar-refractivity contribution is 6.30. The molecule has 63 valence electrons. The number of rotatable bonds is 3. The molecule has 1 aromatic rings. The number of halogens is 1. The summed E-state index contributed by atoms with van der Waals surface area (Å²) in [5.41, 5.74) is 1.15. The van der Waals surface area contributed by atoms with Crippen molar-refractivity contribution in [3.8, 4) is 0 Å². The first-order valence-corrected chi connectivity index (χ1v) is 4.42. The first-order chi connectivity index (χ1) is 5.83. The lowest BCUT2D eigenvalue weighted by atomic mass is 10.2. The monoisotopic (exact) mass is 179 g/mol. The molecule has 0 heterocycles. The smallest absolute Gasteiger partial charge is 0.0411 e. The van der Waals surface area contributed by atoms with Gasteiger partial charge in [0.2, 0.25) is 0 Å². The third-order valence-electron chi connectivity index (χ3n) is 1.53. The maximum atomic E-state index is 5.81. The predicted octanol–water partition coefficient (Wildman–Crippen LogP) is 3.97. The van der Waals surface area contributed by atoms with Gasteiger partial charge in [-0.3, -0.25) is 0 Å². The molecule has 0 amide bonds. The average Bonchev–Trinajstić information content (AvgIpc) is 2.05. The topological polar surface area (TPSA) is 0 Å². The summed E-state index contributed by atoms with van der Waals surface area (Å²) in [5.74, 6) is 0. The Morgan fingerprint density at radius 3 is 2.92 bits per heavy atom. The van der Waals surface area contributed by atoms with E-state index in [0.717, 1.165) is 23.4 Å². The van der Waals surface area contributed by atoms with Crippen LogP contribution in [0.15, 0.2) is 30.3 Å². The molecule has 1 aromatic carbocycles. The zero-order chi connectivity index (χ0) is 8.81. The molecular weight excluding hydrogens is 168 g/mol. The second-order valence-corrected chi connectivity index (χ2v) is 3.04. The van der Waals surface area contributed by atoms with Gasteiger partial charge in [0.05, 0.1) is 0 Å². The molecular formula is C11H12Cl. The van der Waals surface area contributed by atoms with Gasteiger partial charge >= 0.3 is 0 Å². The fourth-order valence-corrected chi connectivity index (χ4v) is 1.15. The van der Waals surface area contributed by atoms with Crippen LogP contribution < -0.4 is 0 Å². The zero-order valence-corrected chi connectivity index (χ0v) is 7.72. The molecule has 1 heteroatoms. The molecule has 1 radical (unpaired) electrons. The fourth-order valence-electron chi connectivity index (χ4n) is 0.948. The standard InChI is InChI=1S/C11H12Cl/c1-2-3-4-6-10-7-5-8-11(12)9-10/h4-9H,1-3H2. The van der Waals surface area contributed by atoms with E-state index < -0.39 is 0 Å². The number of allylic oxidation sites excluding steroid dienone is 1. The van der Waals surface area contributed by atoms with Crippen LogP contribution in [0.3, 0.4) is 0 Å². The lowest BCUT2D eigenvalue weighted by Gasteiger charge is -1.93. The maximum absolute atomic E-state index is 5.81. The molecule has 0 aliphatic rings. The summed E-state index contributed by atoms with van der Waals surface area (Å²) in [6.07, 6.45) is 6.14. The van der Waals surface area contributed by atoms with Crippen LogP contribution in [0.1, 0.15) is 18.4 Å². The van der Waals surface area contributed by atoms with E-state index in [1.54, 1.807) is 0 Å². The molecule has 0 spiro atoms. The van der Waals surface area contributed by atoms with Gasteiger partial charge in [0, 0.05) is 5.02 Å². The van der Waals surface area contributed by atoms with Crippen molar-refractivity contribution in [1.82, 2.24) is 0 Å². The summed E-state index contributed by atoms with van der Waals surface area (Å²) >= 11 is 5.81. The van der Waals surface area contributed by atoms with E-state index in [2.05, 4.69) is 19.1 Å². The Hall–Kier alpha value is -0.750. The molecule has 0 saturated heterocycles. The average molecular weight is 180 g/mol. The molecule has 0 bridgehead atoms. The minimum absolute atomic E-state index is 0.784. The fraction of sp³-hybridized carbons (Fsp3) is 0.182. The summed E-state index contributed by atoms with van der Waals surface area (Å²) in [7, 11) is 0. The lowest BCUT2D eigenvalue weighted by molar-refractivity contribution is 1.06. The van der Waals surface area contributed by atoms with Crippen LogP contribution in [0.25, 0.3) is 6.08 Å². The summed E-state index contributed by atoms with van der Waals surface area (Å²) < 4.78 is 0. The third kappa shape index (κ3) is 3.10. The Morgan fingerprint density at radius 2 is 2.25 bits per heavy atom. The summed E-state index contributed by atoms with van der Waals surface area (Å²) in [6, 6.07) is 7.80. The Morgan fingerprint density at radius 1 is 1.42 bits per heavy atom. The number of benzene rings is 1. The molecule has 0 saturated carbocycles. The van der Waals surface area contributed by atoms with Crippen LogP contribution in [-0.2, 0) is 0 Å². The summed E-state index contributed by atoms with van der Waals surface area (Å²) in [5, 5.41) is 0.784. The Balaban J connectivity index is 2.63. The van der Waals surface area contributed by atoms with Crippen molar-refractivity contribution in [3.05, 3.63) is 47.9 Å². The molecule has 0 fully saturated rings. The number of hydrogen-bond donors (Lipinski definition) is 0. The SMILES string of the molecule is [CH2]CCC=Cc1cccc(Cl)c1. The highest BCUT2D eigenvalue weighted by Gasteiger charge is 1.87. The zero-order valence-electron chi connectivity index (χ0n) is 6.96. The summed E-state index contributed by atoms with van der Waals surface area (Å²) in [6.45, 7) is 3.76. The van der Waals surface area contributed by atoms with Crippen molar-refractivity contribution in [2.75, 3.05) is 0 Å². The van der Waals surface area contributed by atoms with E-state index in [4.69, 9.17) is 11.6 Å². The molecule has 0 nitrogen and oxygen atoms in total. The van der Waals surface area contributed by atoms with Crippen molar-refractivity contribution in [3.63, 3.8) is 0 Å². The van der Waals surface area contributed by atoms with Crippen LogP contribution in [0.4, 0.5) is 0 Å². The normalized spacial score (nSPS) is 10.8. The quantitative estimate of drug-likeness (QED) is 0.659. The molecule has 12 heavy (non-hydrogen) atoms. The van der Waals surface area contributed by atoms with Gasteiger partial charge < -0.3 is 0 Å². The van der Waals surface area contributed by atoms with Gasteiger partial charge in [-0.2, -0.15) is 0 Å². The van der Waals surface area contributed by atoms with Crippen molar-refractivity contribution in [1.29, 1.82) is 0 Å². The predicted molar refractivity (Wildman–Crippen MR) is 55.1 cm³/mol.